The van der Waals surface area contributed by atoms with Crippen LogP contribution in [0.1, 0.15) is 27.3 Å². The molecule has 1 amide bonds. The van der Waals surface area contributed by atoms with Crippen LogP contribution < -0.4 is 5.32 Å². The number of carbonyl (C=O) groups is 1. The van der Waals surface area contributed by atoms with Crippen molar-refractivity contribution in [3.8, 4) is 11.3 Å². The highest BCUT2D eigenvalue weighted by atomic mass is 16.1. The fraction of sp³-hybridized carbons (Fsp3) is 0.174. The van der Waals surface area contributed by atoms with Gasteiger partial charge in [0.2, 0.25) is 0 Å². The number of rotatable bonds is 5. The predicted octanol–water partition coefficient (Wildman–Crippen LogP) is 4.21. The van der Waals surface area contributed by atoms with Gasteiger partial charge in [-0.2, -0.15) is 0 Å². The van der Waals surface area contributed by atoms with E-state index < -0.39 is 0 Å². The molecule has 0 aliphatic rings. The molecule has 0 bridgehead atoms. The van der Waals surface area contributed by atoms with E-state index in [1.807, 2.05) is 30.3 Å². The van der Waals surface area contributed by atoms with E-state index >= 15 is 0 Å². The molecule has 2 aromatic carbocycles. The number of aromatic amines is 1. The van der Waals surface area contributed by atoms with Gasteiger partial charge in [-0.25, -0.2) is 9.97 Å². The molecule has 0 spiro atoms. The summed E-state index contributed by atoms with van der Waals surface area (Å²) in [5.41, 5.74) is 6.86. The molecule has 2 heterocycles. The van der Waals surface area contributed by atoms with Crippen LogP contribution in [-0.2, 0) is 6.42 Å². The lowest BCUT2D eigenvalue weighted by atomic mass is 10.1. The van der Waals surface area contributed by atoms with E-state index in [2.05, 4.69) is 52.3 Å². The summed E-state index contributed by atoms with van der Waals surface area (Å²) >= 11 is 0. The van der Waals surface area contributed by atoms with Gasteiger partial charge in [0, 0.05) is 28.7 Å². The molecule has 5 heteroatoms. The summed E-state index contributed by atoms with van der Waals surface area (Å²) in [6, 6.07) is 17.8. The van der Waals surface area contributed by atoms with E-state index in [4.69, 9.17) is 0 Å². The number of nitrogens with one attached hydrogen (secondary N) is 2. The minimum Gasteiger partial charge on any atom is -0.358 e. The topological polar surface area (TPSA) is 70.7 Å². The lowest BCUT2D eigenvalue weighted by molar-refractivity contribution is 0.0949. The van der Waals surface area contributed by atoms with Gasteiger partial charge < -0.3 is 10.3 Å². The average Bonchev–Trinajstić information content (AvgIpc) is 3.05. The Morgan fingerprint density at radius 1 is 1.04 bits per heavy atom. The minimum absolute atomic E-state index is 0.187. The van der Waals surface area contributed by atoms with Crippen molar-refractivity contribution in [2.75, 3.05) is 6.54 Å². The second-order valence-corrected chi connectivity index (χ2v) is 6.89. The van der Waals surface area contributed by atoms with E-state index in [-0.39, 0.29) is 5.91 Å². The second kappa shape index (κ2) is 7.64. The first-order valence-corrected chi connectivity index (χ1v) is 9.36. The van der Waals surface area contributed by atoms with Crippen LogP contribution in [0.5, 0.6) is 0 Å². The Kier molecular flexibility index (Phi) is 4.89. The van der Waals surface area contributed by atoms with Gasteiger partial charge >= 0.3 is 0 Å². The number of H-pyrrole nitrogens is 1. The Bertz CT molecular complexity index is 1130. The lowest BCUT2D eigenvalue weighted by Gasteiger charge is -2.07. The number of benzene rings is 2. The van der Waals surface area contributed by atoms with Gasteiger partial charge in [0.25, 0.3) is 5.91 Å². The maximum absolute atomic E-state index is 12.6. The Morgan fingerprint density at radius 2 is 1.86 bits per heavy atom. The number of carbonyl (C=O) groups excluding carboxylic acids is 1. The first-order chi connectivity index (χ1) is 13.6. The Morgan fingerprint density at radius 3 is 2.68 bits per heavy atom. The van der Waals surface area contributed by atoms with Crippen LogP contribution in [0, 0.1) is 13.8 Å². The van der Waals surface area contributed by atoms with Crippen molar-refractivity contribution >= 4 is 16.8 Å². The Labute approximate surface area is 163 Å². The Balaban J connectivity index is 1.46. The maximum atomic E-state index is 12.6. The van der Waals surface area contributed by atoms with E-state index in [9.17, 15) is 4.79 Å². The van der Waals surface area contributed by atoms with Gasteiger partial charge in [-0.05, 0) is 37.5 Å². The SMILES string of the molecule is Cc1[nH]c2c(C)cccc2c1CCNC(=O)c1cc(-c2ccccc2)ncn1. The van der Waals surface area contributed by atoms with Crippen LogP contribution in [0.2, 0.25) is 0 Å². The zero-order chi connectivity index (χ0) is 19.5. The molecule has 2 N–H and O–H groups in total. The van der Waals surface area contributed by atoms with Gasteiger partial charge in [0.1, 0.15) is 12.0 Å². The molecule has 0 atom stereocenters. The van der Waals surface area contributed by atoms with Crippen molar-refractivity contribution in [2.24, 2.45) is 0 Å². The molecule has 0 unspecified atom stereocenters. The molecule has 4 rings (SSSR count). The summed E-state index contributed by atoms with van der Waals surface area (Å²) in [6.07, 6.45) is 2.20. The fourth-order valence-electron chi connectivity index (χ4n) is 3.51. The largest absolute Gasteiger partial charge is 0.358 e. The molecule has 0 aliphatic carbocycles. The zero-order valence-corrected chi connectivity index (χ0v) is 16.0. The molecular formula is C23H22N4O. The number of amides is 1. The first-order valence-electron chi connectivity index (χ1n) is 9.36. The fourth-order valence-corrected chi connectivity index (χ4v) is 3.51. The smallest absolute Gasteiger partial charge is 0.270 e. The van der Waals surface area contributed by atoms with Crippen molar-refractivity contribution in [3.05, 3.63) is 83.4 Å². The van der Waals surface area contributed by atoms with Gasteiger partial charge in [0.15, 0.2) is 0 Å². The molecular weight excluding hydrogens is 348 g/mol. The molecule has 2 aromatic heterocycles. The van der Waals surface area contributed by atoms with Crippen LogP contribution in [-0.4, -0.2) is 27.4 Å². The van der Waals surface area contributed by atoms with Crippen LogP contribution in [0.3, 0.4) is 0 Å². The van der Waals surface area contributed by atoms with E-state index in [1.165, 1.54) is 28.4 Å². The average molecular weight is 370 g/mol. The van der Waals surface area contributed by atoms with Gasteiger partial charge in [-0.1, -0.05) is 48.5 Å². The van der Waals surface area contributed by atoms with Crippen molar-refractivity contribution in [2.45, 2.75) is 20.3 Å². The molecule has 140 valence electrons. The quantitative estimate of drug-likeness (QED) is 0.553. The Hall–Kier alpha value is -3.47. The van der Waals surface area contributed by atoms with Gasteiger partial charge in [-0.15, -0.1) is 0 Å². The summed E-state index contributed by atoms with van der Waals surface area (Å²) in [4.78, 5) is 24.4. The maximum Gasteiger partial charge on any atom is 0.270 e. The first kappa shape index (κ1) is 17.9. The number of nitrogens with zero attached hydrogens (tertiary/aromatic N) is 2. The number of hydrogen-bond donors (Lipinski definition) is 2. The van der Waals surface area contributed by atoms with Crippen LogP contribution >= 0.6 is 0 Å². The zero-order valence-electron chi connectivity index (χ0n) is 16.0. The number of fused-ring (bicyclic) bond motifs is 1. The van der Waals surface area contributed by atoms with E-state index in [0.717, 1.165) is 23.4 Å². The van der Waals surface area contributed by atoms with Crippen LogP contribution in [0.4, 0.5) is 0 Å². The van der Waals surface area contributed by atoms with E-state index in [0.29, 0.717) is 12.2 Å². The highest BCUT2D eigenvalue weighted by Gasteiger charge is 2.12. The third-order valence-electron chi connectivity index (χ3n) is 4.99. The molecule has 0 saturated carbocycles. The highest BCUT2D eigenvalue weighted by Crippen LogP contribution is 2.24. The normalized spacial score (nSPS) is 10.9. The van der Waals surface area contributed by atoms with Crippen LogP contribution in [0.15, 0.2) is 60.9 Å². The number of aryl methyl sites for hydroxylation is 2. The molecule has 0 fully saturated rings. The molecule has 0 saturated heterocycles. The van der Waals surface area contributed by atoms with Gasteiger partial charge in [-0.3, -0.25) is 4.79 Å². The summed E-state index contributed by atoms with van der Waals surface area (Å²) in [6.45, 7) is 4.72. The second-order valence-electron chi connectivity index (χ2n) is 6.89. The number of aromatic nitrogens is 3. The van der Waals surface area contributed by atoms with Crippen molar-refractivity contribution < 1.29 is 4.79 Å². The molecule has 4 aromatic rings. The number of hydrogen-bond acceptors (Lipinski definition) is 3. The van der Waals surface area contributed by atoms with Crippen molar-refractivity contribution in [1.29, 1.82) is 0 Å². The summed E-state index contributed by atoms with van der Waals surface area (Å²) in [5.74, 6) is -0.187. The summed E-state index contributed by atoms with van der Waals surface area (Å²) in [5, 5.41) is 4.20. The third-order valence-corrected chi connectivity index (χ3v) is 4.99. The van der Waals surface area contributed by atoms with Crippen molar-refractivity contribution in [1.82, 2.24) is 20.3 Å². The summed E-state index contributed by atoms with van der Waals surface area (Å²) in [7, 11) is 0. The van der Waals surface area contributed by atoms with Crippen molar-refractivity contribution in [3.63, 3.8) is 0 Å². The predicted molar refractivity (Wildman–Crippen MR) is 111 cm³/mol. The van der Waals surface area contributed by atoms with E-state index in [1.54, 1.807) is 6.07 Å². The minimum atomic E-state index is -0.187. The molecule has 0 aliphatic heterocycles. The third kappa shape index (κ3) is 3.51. The summed E-state index contributed by atoms with van der Waals surface area (Å²) < 4.78 is 0. The molecule has 28 heavy (non-hydrogen) atoms. The highest BCUT2D eigenvalue weighted by molar-refractivity contribution is 5.93. The van der Waals surface area contributed by atoms with Gasteiger partial charge in [0.05, 0.1) is 5.69 Å². The van der Waals surface area contributed by atoms with Crippen LogP contribution in [0.25, 0.3) is 22.2 Å². The number of para-hydroxylation sites is 1. The monoisotopic (exact) mass is 370 g/mol. The molecule has 0 radical (unpaired) electrons. The lowest BCUT2D eigenvalue weighted by Crippen LogP contribution is -2.26. The molecule has 5 nitrogen and oxygen atoms in total. The standard InChI is InChI=1S/C23H22N4O/c1-15-7-6-10-19-18(16(2)27-22(15)19)11-12-24-23(28)21-13-20(25-14-26-21)17-8-4-3-5-9-17/h3-10,13-14,27H,11-12H2,1-2H3,(H,24,28).